The Kier molecular flexibility index (Phi) is 4.94. The number of hydrogen-bond acceptors (Lipinski definition) is 3. The molecule has 24 heavy (non-hydrogen) atoms. The Morgan fingerprint density at radius 1 is 1.38 bits per heavy atom. The molecule has 1 fully saturated rings. The van der Waals surface area contributed by atoms with Crippen molar-refractivity contribution in [3.8, 4) is 0 Å². The maximum absolute atomic E-state index is 12.1. The van der Waals surface area contributed by atoms with Crippen molar-refractivity contribution in [3.63, 3.8) is 0 Å². The Hall–Kier alpha value is -1.07. The van der Waals surface area contributed by atoms with E-state index in [1.54, 1.807) is 0 Å². The first kappa shape index (κ1) is 17.7. The van der Waals surface area contributed by atoms with Gasteiger partial charge in [-0.15, -0.1) is 0 Å². The van der Waals surface area contributed by atoms with E-state index >= 15 is 0 Å². The van der Waals surface area contributed by atoms with Crippen molar-refractivity contribution in [2.24, 2.45) is 0 Å². The molecule has 0 heterocycles. The molecule has 1 saturated carbocycles. The molecule has 0 spiro atoms. The normalized spacial score (nSPS) is 21.8. The summed E-state index contributed by atoms with van der Waals surface area (Å²) in [7, 11) is 0. The van der Waals surface area contributed by atoms with E-state index in [4.69, 9.17) is 4.74 Å². The second kappa shape index (κ2) is 6.68. The van der Waals surface area contributed by atoms with Crippen molar-refractivity contribution in [3.05, 3.63) is 33.8 Å². The first-order chi connectivity index (χ1) is 11.3. The zero-order chi connectivity index (χ0) is 17.4. The van der Waals surface area contributed by atoms with Gasteiger partial charge in [-0.25, -0.2) is 4.79 Å². The van der Waals surface area contributed by atoms with Crippen LogP contribution in [0.2, 0.25) is 0 Å². The number of ether oxygens (including phenoxy) is 1. The number of amides is 1. The van der Waals surface area contributed by atoms with Gasteiger partial charge in [0.2, 0.25) is 0 Å². The SMILES string of the molecule is CC(C)(C)OC(=O)NC1(CNC2CCc3c(Br)cccc32)CCC1. The second-order valence-corrected chi connectivity index (χ2v) is 8.89. The first-order valence-corrected chi connectivity index (χ1v) is 9.59. The monoisotopic (exact) mass is 394 g/mol. The van der Waals surface area contributed by atoms with Gasteiger partial charge in [-0.1, -0.05) is 28.1 Å². The maximum Gasteiger partial charge on any atom is 0.408 e. The van der Waals surface area contributed by atoms with Crippen LogP contribution in [0.25, 0.3) is 0 Å². The molecule has 1 aromatic carbocycles. The number of alkyl carbamates (subject to hydrolysis) is 1. The van der Waals surface area contributed by atoms with Crippen LogP contribution in [0.5, 0.6) is 0 Å². The fourth-order valence-corrected chi connectivity index (χ4v) is 4.19. The van der Waals surface area contributed by atoms with Crippen LogP contribution in [0.1, 0.15) is 63.6 Å². The van der Waals surface area contributed by atoms with Gasteiger partial charge in [0.15, 0.2) is 0 Å². The number of fused-ring (bicyclic) bond motifs is 1. The highest BCUT2D eigenvalue weighted by molar-refractivity contribution is 9.10. The van der Waals surface area contributed by atoms with E-state index in [2.05, 4.69) is 44.8 Å². The molecule has 0 radical (unpaired) electrons. The van der Waals surface area contributed by atoms with Crippen LogP contribution in [0, 0.1) is 0 Å². The Morgan fingerprint density at radius 3 is 2.75 bits per heavy atom. The van der Waals surface area contributed by atoms with E-state index in [1.807, 2.05) is 20.8 Å². The quantitative estimate of drug-likeness (QED) is 0.791. The molecule has 0 aromatic heterocycles. The molecule has 0 saturated heterocycles. The van der Waals surface area contributed by atoms with E-state index < -0.39 is 5.60 Å². The van der Waals surface area contributed by atoms with Gasteiger partial charge in [0, 0.05) is 17.1 Å². The summed E-state index contributed by atoms with van der Waals surface area (Å²) in [6, 6.07) is 6.79. The molecule has 2 N–H and O–H groups in total. The summed E-state index contributed by atoms with van der Waals surface area (Å²) in [5.74, 6) is 0. The summed E-state index contributed by atoms with van der Waals surface area (Å²) >= 11 is 3.65. The van der Waals surface area contributed by atoms with E-state index in [1.165, 1.54) is 15.6 Å². The highest BCUT2D eigenvalue weighted by Crippen LogP contribution is 2.37. The van der Waals surface area contributed by atoms with Crippen LogP contribution < -0.4 is 10.6 Å². The minimum absolute atomic E-state index is 0.156. The largest absolute Gasteiger partial charge is 0.444 e. The number of carbonyl (C=O) groups excluding carboxylic acids is 1. The lowest BCUT2D eigenvalue weighted by molar-refractivity contribution is 0.0379. The number of benzene rings is 1. The molecule has 132 valence electrons. The first-order valence-electron chi connectivity index (χ1n) is 8.80. The predicted molar refractivity (Wildman–Crippen MR) is 99.2 cm³/mol. The third-order valence-electron chi connectivity index (χ3n) is 4.98. The number of nitrogens with one attached hydrogen (secondary N) is 2. The van der Waals surface area contributed by atoms with E-state index in [9.17, 15) is 4.79 Å². The van der Waals surface area contributed by atoms with Crippen molar-refractivity contribution in [2.45, 2.75) is 70.1 Å². The van der Waals surface area contributed by atoms with Crippen LogP contribution in [0.4, 0.5) is 4.79 Å². The van der Waals surface area contributed by atoms with Crippen LogP contribution >= 0.6 is 15.9 Å². The fourth-order valence-electron chi connectivity index (χ4n) is 3.61. The van der Waals surface area contributed by atoms with Gasteiger partial charge in [-0.2, -0.15) is 0 Å². The molecule has 5 heteroatoms. The van der Waals surface area contributed by atoms with Crippen LogP contribution in [-0.4, -0.2) is 23.8 Å². The van der Waals surface area contributed by atoms with E-state index in [0.29, 0.717) is 6.04 Å². The molecule has 0 bridgehead atoms. The van der Waals surface area contributed by atoms with Gasteiger partial charge in [-0.05, 0) is 70.1 Å². The topological polar surface area (TPSA) is 50.4 Å². The van der Waals surface area contributed by atoms with Crippen LogP contribution in [0.3, 0.4) is 0 Å². The summed E-state index contributed by atoms with van der Waals surface area (Å²) in [6.45, 7) is 6.48. The number of hydrogen-bond donors (Lipinski definition) is 2. The predicted octanol–water partition coefficient (Wildman–Crippen LogP) is 4.47. The zero-order valence-electron chi connectivity index (χ0n) is 14.7. The van der Waals surface area contributed by atoms with Crippen molar-refractivity contribution < 1.29 is 9.53 Å². The Labute approximate surface area is 152 Å². The maximum atomic E-state index is 12.1. The van der Waals surface area contributed by atoms with Gasteiger partial charge in [0.1, 0.15) is 5.60 Å². The highest BCUT2D eigenvalue weighted by atomic mass is 79.9. The van der Waals surface area contributed by atoms with Gasteiger partial charge in [0.25, 0.3) is 0 Å². The molecule has 3 rings (SSSR count). The lowest BCUT2D eigenvalue weighted by Gasteiger charge is -2.43. The van der Waals surface area contributed by atoms with Crippen molar-refractivity contribution in [2.75, 3.05) is 6.54 Å². The third-order valence-corrected chi connectivity index (χ3v) is 5.72. The van der Waals surface area contributed by atoms with E-state index in [-0.39, 0.29) is 11.6 Å². The average molecular weight is 395 g/mol. The van der Waals surface area contributed by atoms with Crippen molar-refractivity contribution in [1.82, 2.24) is 10.6 Å². The molecular weight excluding hydrogens is 368 g/mol. The van der Waals surface area contributed by atoms with Gasteiger partial charge < -0.3 is 15.4 Å². The highest BCUT2D eigenvalue weighted by Gasteiger charge is 2.40. The molecule has 1 amide bonds. The van der Waals surface area contributed by atoms with Gasteiger partial charge in [-0.3, -0.25) is 0 Å². The second-order valence-electron chi connectivity index (χ2n) is 8.04. The fraction of sp³-hybridized carbons (Fsp3) is 0.632. The summed E-state index contributed by atoms with van der Waals surface area (Å²) in [5.41, 5.74) is 2.19. The zero-order valence-corrected chi connectivity index (χ0v) is 16.3. The minimum Gasteiger partial charge on any atom is -0.444 e. The summed E-state index contributed by atoms with van der Waals surface area (Å²) in [6.07, 6.45) is 5.08. The lowest BCUT2D eigenvalue weighted by Crippen LogP contribution is -2.60. The molecule has 1 atom stereocenters. The molecule has 1 aromatic rings. The average Bonchev–Trinajstić information content (AvgIpc) is 2.84. The molecule has 4 nitrogen and oxygen atoms in total. The molecule has 0 aliphatic heterocycles. The molecule has 2 aliphatic rings. The standard InChI is InChI=1S/C19H27BrN2O2/c1-18(2,3)24-17(23)22-19(10-5-11-19)12-21-16-9-8-13-14(16)6-4-7-15(13)20/h4,6-7,16,21H,5,8-12H2,1-3H3,(H,22,23). The molecule has 1 unspecified atom stereocenters. The molecule has 2 aliphatic carbocycles. The summed E-state index contributed by atoms with van der Waals surface area (Å²) < 4.78 is 6.63. The number of rotatable bonds is 4. The third kappa shape index (κ3) is 3.94. The van der Waals surface area contributed by atoms with Crippen molar-refractivity contribution in [1.29, 1.82) is 0 Å². The van der Waals surface area contributed by atoms with Crippen LogP contribution in [-0.2, 0) is 11.2 Å². The van der Waals surface area contributed by atoms with E-state index in [0.717, 1.165) is 38.6 Å². The number of halogens is 1. The Bertz CT molecular complexity index is 620. The van der Waals surface area contributed by atoms with Gasteiger partial charge >= 0.3 is 6.09 Å². The Balaban J connectivity index is 1.59. The lowest BCUT2D eigenvalue weighted by atomic mass is 9.76. The van der Waals surface area contributed by atoms with Crippen molar-refractivity contribution >= 4 is 22.0 Å². The summed E-state index contributed by atoms with van der Waals surface area (Å²) in [5, 5.41) is 6.80. The van der Waals surface area contributed by atoms with Crippen LogP contribution in [0.15, 0.2) is 22.7 Å². The minimum atomic E-state index is -0.459. The Morgan fingerprint density at radius 2 is 2.12 bits per heavy atom. The smallest absolute Gasteiger partial charge is 0.408 e. The summed E-state index contributed by atoms with van der Waals surface area (Å²) in [4.78, 5) is 12.1. The molecular formula is C19H27BrN2O2. The van der Waals surface area contributed by atoms with Gasteiger partial charge in [0.05, 0.1) is 5.54 Å². The number of carbonyl (C=O) groups is 1.